The van der Waals surface area contributed by atoms with Gasteiger partial charge < -0.3 is 15.1 Å². The van der Waals surface area contributed by atoms with Crippen LogP contribution in [-0.4, -0.2) is 52.0 Å². The zero-order valence-electron chi connectivity index (χ0n) is 17.4. The first-order valence-electron chi connectivity index (χ1n) is 10.4. The summed E-state index contributed by atoms with van der Waals surface area (Å²) in [5.41, 5.74) is 1.02. The lowest BCUT2D eigenvalue weighted by molar-refractivity contribution is 0.221. The first-order chi connectivity index (χ1) is 14.5. The van der Waals surface area contributed by atoms with Gasteiger partial charge in [0.2, 0.25) is 10.0 Å². The number of furan rings is 1. The van der Waals surface area contributed by atoms with Gasteiger partial charge in [0.25, 0.3) is 0 Å². The Kier molecular flexibility index (Phi) is 7.89. The number of hydrogen-bond acceptors (Lipinski definition) is 5. The molecule has 1 atom stereocenters. The number of benzene rings is 1. The van der Waals surface area contributed by atoms with Gasteiger partial charge >= 0.3 is 0 Å². The predicted octanol–water partition coefficient (Wildman–Crippen LogP) is 1.86. The highest BCUT2D eigenvalue weighted by Gasteiger charge is 2.25. The Bertz CT molecular complexity index is 905. The van der Waals surface area contributed by atoms with Gasteiger partial charge in [-0.2, -0.15) is 0 Å². The number of nitrogens with zero attached hydrogens (tertiary/aromatic N) is 2. The summed E-state index contributed by atoms with van der Waals surface area (Å²) in [7, 11) is -3.66. The van der Waals surface area contributed by atoms with Crippen molar-refractivity contribution in [1.82, 2.24) is 15.5 Å². The van der Waals surface area contributed by atoms with Gasteiger partial charge in [0.15, 0.2) is 5.96 Å². The third-order valence-corrected chi connectivity index (χ3v) is 6.11. The monoisotopic (exact) mass is 433 g/mol. The van der Waals surface area contributed by atoms with E-state index in [0.29, 0.717) is 13.1 Å². The van der Waals surface area contributed by atoms with Crippen LogP contribution in [-0.2, 0) is 16.4 Å². The van der Waals surface area contributed by atoms with E-state index in [2.05, 4.69) is 15.5 Å². The normalized spacial score (nSPS) is 16.5. The molecule has 1 unspecified atom stereocenters. The molecule has 2 aromatic rings. The van der Waals surface area contributed by atoms with Gasteiger partial charge in [0.1, 0.15) is 5.76 Å². The van der Waals surface area contributed by atoms with Crippen molar-refractivity contribution in [3.63, 3.8) is 0 Å². The number of hydrogen-bond donors (Lipinski definition) is 3. The van der Waals surface area contributed by atoms with Crippen LogP contribution in [0.5, 0.6) is 0 Å². The minimum atomic E-state index is -3.66. The van der Waals surface area contributed by atoms with Gasteiger partial charge in [-0.15, -0.1) is 0 Å². The van der Waals surface area contributed by atoms with Gasteiger partial charge in [-0.1, -0.05) is 12.1 Å². The Morgan fingerprint density at radius 1 is 1.20 bits per heavy atom. The van der Waals surface area contributed by atoms with E-state index in [1.807, 2.05) is 19.1 Å². The van der Waals surface area contributed by atoms with Crippen molar-refractivity contribution >= 4 is 16.0 Å². The van der Waals surface area contributed by atoms with Crippen molar-refractivity contribution in [3.05, 3.63) is 54.0 Å². The molecule has 0 radical (unpaired) electrons. The van der Waals surface area contributed by atoms with Crippen molar-refractivity contribution in [2.45, 2.75) is 37.1 Å². The van der Waals surface area contributed by atoms with Crippen LogP contribution in [0, 0.1) is 0 Å². The number of nitrogens with one attached hydrogen (secondary N) is 2. The number of sulfonamides is 1. The van der Waals surface area contributed by atoms with Gasteiger partial charge in [-0.3, -0.25) is 9.89 Å². The highest BCUT2D eigenvalue weighted by atomic mass is 32.2. The SMILES string of the molecule is CCNC(=NCC(c1ccco1)N1CCCC1)NCCc1ccc(S(N)(=O)=O)cc1. The Labute approximate surface area is 178 Å². The van der Waals surface area contributed by atoms with Crippen LogP contribution >= 0.6 is 0 Å². The molecule has 30 heavy (non-hydrogen) atoms. The van der Waals surface area contributed by atoms with E-state index in [-0.39, 0.29) is 10.9 Å². The molecular weight excluding hydrogens is 402 g/mol. The van der Waals surface area contributed by atoms with Gasteiger partial charge in [-0.05, 0) is 69.1 Å². The summed E-state index contributed by atoms with van der Waals surface area (Å²) in [5, 5.41) is 11.8. The Morgan fingerprint density at radius 3 is 2.53 bits per heavy atom. The molecule has 0 spiro atoms. The second kappa shape index (κ2) is 10.6. The molecule has 1 aromatic heterocycles. The molecule has 1 saturated heterocycles. The molecule has 0 aliphatic carbocycles. The second-order valence-electron chi connectivity index (χ2n) is 7.36. The summed E-state index contributed by atoms with van der Waals surface area (Å²) in [5.74, 6) is 1.71. The van der Waals surface area contributed by atoms with E-state index in [9.17, 15) is 8.42 Å². The number of nitrogens with two attached hydrogens (primary N) is 1. The molecule has 0 bridgehead atoms. The molecule has 1 aliphatic rings. The van der Waals surface area contributed by atoms with Crippen LogP contribution in [0.25, 0.3) is 0 Å². The zero-order chi connectivity index (χ0) is 21.4. The maximum absolute atomic E-state index is 11.4. The summed E-state index contributed by atoms with van der Waals surface area (Å²) < 4.78 is 28.4. The molecule has 3 rings (SSSR count). The van der Waals surface area contributed by atoms with E-state index in [0.717, 1.165) is 43.3 Å². The van der Waals surface area contributed by atoms with Crippen molar-refractivity contribution in [1.29, 1.82) is 0 Å². The largest absolute Gasteiger partial charge is 0.468 e. The third kappa shape index (κ3) is 6.32. The third-order valence-electron chi connectivity index (χ3n) is 5.18. The average molecular weight is 434 g/mol. The van der Waals surface area contributed by atoms with Crippen molar-refractivity contribution < 1.29 is 12.8 Å². The molecule has 0 saturated carbocycles. The van der Waals surface area contributed by atoms with E-state index in [4.69, 9.17) is 14.5 Å². The van der Waals surface area contributed by atoms with E-state index in [1.54, 1.807) is 18.4 Å². The van der Waals surface area contributed by atoms with Gasteiger partial charge in [0.05, 0.1) is 23.7 Å². The topological polar surface area (TPSA) is 113 Å². The maximum atomic E-state index is 11.4. The van der Waals surface area contributed by atoms with Crippen molar-refractivity contribution in [3.8, 4) is 0 Å². The fourth-order valence-electron chi connectivity index (χ4n) is 3.61. The van der Waals surface area contributed by atoms with E-state index in [1.165, 1.54) is 25.0 Å². The molecular formula is C21H31N5O3S. The molecule has 2 heterocycles. The summed E-state index contributed by atoms with van der Waals surface area (Å²) >= 11 is 0. The number of rotatable bonds is 9. The van der Waals surface area contributed by atoms with E-state index >= 15 is 0 Å². The van der Waals surface area contributed by atoms with Crippen molar-refractivity contribution in [2.75, 3.05) is 32.7 Å². The summed E-state index contributed by atoms with van der Waals surface area (Å²) in [6.07, 6.45) is 4.88. The predicted molar refractivity (Wildman–Crippen MR) is 118 cm³/mol. The van der Waals surface area contributed by atoms with Crippen LogP contribution in [0.2, 0.25) is 0 Å². The number of likely N-dealkylation sites (tertiary alicyclic amines) is 1. The zero-order valence-corrected chi connectivity index (χ0v) is 18.2. The van der Waals surface area contributed by atoms with Crippen LogP contribution < -0.4 is 15.8 Å². The standard InChI is InChI=1S/C21H31N5O3S/c1-2-23-21(24-12-11-17-7-9-18(10-8-17)30(22,27)28)25-16-19(20-6-5-15-29-20)26-13-3-4-14-26/h5-10,15,19H,2-4,11-14,16H2,1H3,(H2,22,27,28)(H2,23,24,25). The summed E-state index contributed by atoms with van der Waals surface area (Å²) in [6.45, 7) is 6.23. The molecule has 164 valence electrons. The molecule has 9 heteroatoms. The highest BCUT2D eigenvalue weighted by Crippen LogP contribution is 2.25. The lowest BCUT2D eigenvalue weighted by Gasteiger charge is -2.24. The quantitative estimate of drug-likeness (QED) is 0.411. The lowest BCUT2D eigenvalue weighted by atomic mass is 10.1. The summed E-state index contributed by atoms with van der Waals surface area (Å²) in [6, 6.07) is 10.7. The van der Waals surface area contributed by atoms with Crippen LogP contribution in [0.4, 0.5) is 0 Å². The van der Waals surface area contributed by atoms with Gasteiger partial charge in [-0.25, -0.2) is 13.6 Å². The molecule has 4 N–H and O–H groups in total. The molecule has 8 nitrogen and oxygen atoms in total. The molecule has 1 fully saturated rings. The fourth-order valence-corrected chi connectivity index (χ4v) is 4.13. The minimum absolute atomic E-state index is 0.125. The summed E-state index contributed by atoms with van der Waals surface area (Å²) in [4.78, 5) is 7.34. The van der Waals surface area contributed by atoms with E-state index < -0.39 is 10.0 Å². The lowest BCUT2D eigenvalue weighted by Crippen LogP contribution is -2.39. The Hall–Kier alpha value is -2.36. The number of guanidine groups is 1. The number of primary sulfonamides is 1. The van der Waals surface area contributed by atoms with Crippen LogP contribution in [0.3, 0.4) is 0 Å². The second-order valence-corrected chi connectivity index (χ2v) is 8.92. The number of aliphatic imine (C=N–C) groups is 1. The minimum Gasteiger partial charge on any atom is -0.468 e. The molecule has 1 aliphatic heterocycles. The first-order valence-corrected chi connectivity index (χ1v) is 11.9. The van der Waals surface area contributed by atoms with Crippen LogP contribution in [0.15, 0.2) is 57.0 Å². The average Bonchev–Trinajstić information content (AvgIpc) is 3.43. The molecule has 0 amide bonds. The first kappa shape index (κ1) is 22.3. The van der Waals surface area contributed by atoms with Gasteiger partial charge in [0, 0.05) is 13.1 Å². The maximum Gasteiger partial charge on any atom is 0.238 e. The Balaban J connectivity index is 1.58. The smallest absolute Gasteiger partial charge is 0.238 e. The molecule has 1 aromatic carbocycles. The van der Waals surface area contributed by atoms with Crippen molar-refractivity contribution in [2.24, 2.45) is 10.1 Å². The van der Waals surface area contributed by atoms with Crippen LogP contribution in [0.1, 0.15) is 37.1 Å². The fraction of sp³-hybridized carbons (Fsp3) is 0.476. The Morgan fingerprint density at radius 2 is 1.93 bits per heavy atom. The highest BCUT2D eigenvalue weighted by molar-refractivity contribution is 7.89.